The van der Waals surface area contributed by atoms with Crippen molar-refractivity contribution in [1.82, 2.24) is 0 Å². The summed E-state index contributed by atoms with van der Waals surface area (Å²) in [6.07, 6.45) is 0.535. The van der Waals surface area contributed by atoms with Gasteiger partial charge in [-0.15, -0.1) is 23.2 Å². The molecule has 0 N–H and O–H groups in total. The number of esters is 1. The minimum absolute atomic E-state index is 0.0444. The maximum absolute atomic E-state index is 12.8. The lowest BCUT2D eigenvalue weighted by Crippen LogP contribution is -2.21. The fourth-order valence-corrected chi connectivity index (χ4v) is 5.10. The van der Waals surface area contributed by atoms with Gasteiger partial charge in [-0.3, -0.25) is 4.79 Å². The molecule has 134 valence electrons. The van der Waals surface area contributed by atoms with E-state index < -0.39 is 25.9 Å². The minimum Gasteiger partial charge on any atom is -0.462 e. The van der Waals surface area contributed by atoms with Gasteiger partial charge in [0.2, 0.25) is 9.84 Å². The molecule has 0 amide bonds. The van der Waals surface area contributed by atoms with Gasteiger partial charge in [-0.1, -0.05) is 12.1 Å². The first-order chi connectivity index (χ1) is 12.2. The number of sulfone groups is 1. The Hall–Kier alpha value is -1.89. The number of ketones is 1. The zero-order valence-corrected chi connectivity index (χ0v) is 15.6. The molecule has 1 aliphatic heterocycles. The van der Waals surface area contributed by atoms with Crippen molar-refractivity contribution in [1.29, 1.82) is 0 Å². The van der Waals surface area contributed by atoms with Crippen LogP contribution in [0.5, 0.6) is 0 Å². The standard InChI is InChI=1S/C18H12Cl2O5S/c19-18(20)8-11(18)9-25-17(22)10-5-6-13-15(7-10)26(23,24)14-4-2-1-3-12(14)16(13)21/h1-7,11H,8-9H2/t11-/m0/s1. The fraction of sp³-hybridized carbons (Fsp3) is 0.222. The Morgan fingerprint density at radius 1 is 1.12 bits per heavy atom. The lowest BCUT2D eigenvalue weighted by molar-refractivity contribution is 0.0484. The number of ether oxygens (including phenoxy) is 1. The van der Waals surface area contributed by atoms with Crippen LogP contribution in [0, 0.1) is 5.92 Å². The molecule has 1 fully saturated rings. The molecule has 2 aliphatic rings. The van der Waals surface area contributed by atoms with E-state index in [0.717, 1.165) is 0 Å². The van der Waals surface area contributed by atoms with Crippen LogP contribution in [0.3, 0.4) is 0 Å². The average Bonchev–Trinajstić information content (AvgIpc) is 3.24. The molecule has 2 aromatic rings. The van der Waals surface area contributed by atoms with E-state index in [1.54, 1.807) is 12.1 Å². The number of hydrogen-bond donors (Lipinski definition) is 0. The van der Waals surface area contributed by atoms with Crippen molar-refractivity contribution >= 4 is 44.8 Å². The molecule has 4 rings (SSSR count). The van der Waals surface area contributed by atoms with Gasteiger partial charge in [-0.05, 0) is 36.8 Å². The summed E-state index contributed by atoms with van der Waals surface area (Å²) in [6, 6.07) is 9.91. The van der Waals surface area contributed by atoms with Crippen molar-refractivity contribution in [3.63, 3.8) is 0 Å². The molecule has 8 heteroatoms. The minimum atomic E-state index is -3.90. The Labute approximate surface area is 159 Å². The van der Waals surface area contributed by atoms with Crippen LogP contribution in [0.25, 0.3) is 0 Å². The van der Waals surface area contributed by atoms with Gasteiger partial charge in [0.15, 0.2) is 5.78 Å². The summed E-state index contributed by atoms with van der Waals surface area (Å²) in [5.41, 5.74) is 0.225. The number of carbonyl (C=O) groups excluding carboxylic acids is 2. The molecular weight excluding hydrogens is 399 g/mol. The zero-order chi connectivity index (χ0) is 18.7. The van der Waals surface area contributed by atoms with E-state index in [1.807, 2.05) is 0 Å². The largest absolute Gasteiger partial charge is 0.462 e. The van der Waals surface area contributed by atoms with Crippen molar-refractivity contribution in [3.8, 4) is 0 Å². The summed E-state index contributed by atoms with van der Waals surface area (Å²) in [7, 11) is -3.90. The van der Waals surface area contributed by atoms with E-state index in [9.17, 15) is 18.0 Å². The van der Waals surface area contributed by atoms with Crippen LogP contribution >= 0.6 is 23.2 Å². The number of benzene rings is 2. The topological polar surface area (TPSA) is 77.5 Å². The molecule has 0 spiro atoms. The van der Waals surface area contributed by atoms with Crippen LogP contribution in [0.4, 0.5) is 0 Å². The Morgan fingerprint density at radius 3 is 2.46 bits per heavy atom. The van der Waals surface area contributed by atoms with Crippen LogP contribution < -0.4 is 0 Å². The van der Waals surface area contributed by atoms with Crippen molar-refractivity contribution in [3.05, 3.63) is 59.2 Å². The summed E-state index contributed by atoms with van der Waals surface area (Å²) in [4.78, 5) is 24.5. The number of alkyl halides is 2. The van der Waals surface area contributed by atoms with Crippen molar-refractivity contribution < 1.29 is 22.7 Å². The van der Waals surface area contributed by atoms with Crippen LogP contribution in [0.15, 0.2) is 52.3 Å². The van der Waals surface area contributed by atoms with E-state index >= 15 is 0 Å². The number of rotatable bonds is 3. The van der Waals surface area contributed by atoms with Gasteiger partial charge < -0.3 is 4.74 Å². The number of carbonyl (C=O) groups is 2. The molecular formula is C18H12Cl2O5S. The first-order valence-electron chi connectivity index (χ1n) is 7.79. The molecule has 26 heavy (non-hydrogen) atoms. The van der Waals surface area contributed by atoms with Gasteiger partial charge in [-0.2, -0.15) is 0 Å². The molecule has 0 aromatic heterocycles. The van der Waals surface area contributed by atoms with Gasteiger partial charge in [0.05, 0.1) is 22.0 Å². The molecule has 0 saturated heterocycles. The summed E-state index contributed by atoms with van der Waals surface area (Å²) in [6.45, 7) is 0.0530. The van der Waals surface area contributed by atoms with Crippen molar-refractivity contribution in [2.45, 2.75) is 20.5 Å². The van der Waals surface area contributed by atoms with Crippen LogP contribution in [0.1, 0.15) is 32.7 Å². The molecule has 2 aromatic carbocycles. The van der Waals surface area contributed by atoms with Gasteiger partial charge in [0, 0.05) is 17.0 Å². The average molecular weight is 411 g/mol. The SMILES string of the molecule is O=C(OC[C@@H]1CC1(Cl)Cl)c1ccc2c(c1)S(=O)(=O)c1ccccc1C2=O. The summed E-state index contributed by atoms with van der Waals surface area (Å²) in [5, 5.41) is 0. The zero-order valence-electron chi connectivity index (χ0n) is 13.2. The molecule has 5 nitrogen and oxygen atoms in total. The highest BCUT2D eigenvalue weighted by molar-refractivity contribution is 7.91. The molecule has 1 saturated carbocycles. The number of fused-ring (bicyclic) bond motifs is 2. The third-order valence-corrected chi connectivity index (χ3v) is 7.32. The van der Waals surface area contributed by atoms with Crippen molar-refractivity contribution in [2.24, 2.45) is 5.92 Å². The predicted octanol–water partition coefficient (Wildman–Crippen LogP) is 3.41. The van der Waals surface area contributed by atoms with Crippen LogP contribution in [0.2, 0.25) is 0 Å². The second-order valence-electron chi connectivity index (χ2n) is 6.30. The first-order valence-corrected chi connectivity index (χ1v) is 10.0. The number of halogens is 2. The second-order valence-corrected chi connectivity index (χ2v) is 9.73. The van der Waals surface area contributed by atoms with E-state index in [2.05, 4.69) is 0 Å². The first kappa shape index (κ1) is 17.5. The molecule has 0 radical (unpaired) electrons. The lowest BCUT2D eigenvalue weighted by atomic mass is 10.0. The highest BCUT2D eigenvalue weighted by Gasteiger charge is 2.52. The maximum Gasteiger partial charge on any atom is 0.338 e. The van der Waals surface area contributed by atoms with Crippen molar-refractivity contribution in [2.75, 3.05) is 6.61 Å². The Bertz CT molecular complexity index is 1060. The Kier molecular flexibility index (Phi) is 3.91. The fourth-order valence-electron chi connectivity index (χ4n) is 2.92. The lowest BCUT2D eigenvalue weighted by Gasteiger charge is -2.19. The Morgan fingerprint density at radius 2 is 1.77 bits per heavy atom. The smallest absolute Gasteiger partial charge is 0.338 e. The summed E-state index contributed by atoms with van der Waals surface area (Å²) in [5.74, 6) is -1.22. The predicted molar refractivity (Wildman–Crippen MR) is 94.6 cm³/mol. The summed E-state index contributed by atoms with van der Waals surface area (Å²) >= 11 is 11.8. The van der Waals surface area contributed by atoms with Gasteiger partial charge in [0.1, 0.15) is 4.33 Å². The highest BCUT2D eigenvalue weighted by atomic mass is 35.5. The Balaban J connectivity index is 1.67. The molecule has 1 atom stereocenters. The van der Waals surface area contributed by atoms with Crippen LogP contribution in [-0.2, 0) is 14.6 Å². The molecule has 1 aliphatic carbocycles. The third kappa shape index (κ3) is 2.73. The summed E-state index contributed by atoms with van der Waals surface area (Å²) < 4.78 is 30.0. The van der Waals surface area contributed by atoms with Gasteiger partial charge in [-0.25, -0.2) is 13.2 Å². The maximum atomic E-state index is 12.8. The quantitative estimate of drug-likeness (QED) is 0.488. The monoisotopic (exact) mass is 410 g/mol. The van der Waals surface area contributed by atoms with Gasteiger partial charge in [0.25, 0.3) is 0 Å². The van der Waals surface area contributed by atoms with Crippen LogP contribution in [-0.4, -0.2) is 31.1 Å². The van der Waals surface area contributed by atoms with E-state index in [-0.39, 0.29) is 39.0 Å². The van der Waals surface area contributed by atoms with Gasteiger partial charge >= 0.3 is 5.97 Å². The normalized spacial score (nSPS) is 21.5. The second kappa shape index (κ2) is 5.81. The number of hydrogen-bond acceptors (Lipinski definition) is 5. The molecule has 1 heterocycles. The highest BCUT2D eigenvalue weighted by Crippen LogP contribution is 2.53. The van der Waals surface area contributed by atoms with E-state index in [4.69, 9.17) is 27.9 Å². The molecule has 0 unspecified atom stereocenters. The van der Waals surface area contributed by atoms with E-state index in [0.29, 0.717) is 6.42 Å². The van der Waals surface area contributed by atoms with E-state index in [1.165, 1.54) is 30.3 Å². The molecule has 0 bridgehead atoms. The third-order valence-electron chi connectivity index (χ3n) is 4.54.